The summed E-state index contributed by atoms with van der Waals surface area (Å²) in [7, 11) is -4.44. The van der Waals surface area contributed by atoms with Crippen molar-refractivity contribution in [1.82, 2.24) is 5.32 Å². The Balaban J connectivity index is 3.71. The molecule has 2 atom stereocenters. The highest BCUT2D eigenvalue weighted by molar-refractivity contribution is 7.47. The molecule has 0 radical (unpaired) electrons. The maximum Gasteiger partial charge on any atom is 0.472 e. The molecule has 57 heavy (non-hydrogen) atoms. The Bertz CT molecular complexity index is 1210. The Morgan fingerprint density at radius 1 is 0.544 bits per heavy atom. The first-order valence-corrected chi connectivity index (χ1v) is 23.6. The second-order valence-corrected chi connectivity index (χ2v) is 15.8. The summed E-state index contributed by atoms with van der Waals surface area (Å²) >= 11 is 0. The van der Waals surface area contributed by atoms with Crippen LogP contribution in [-0.2, 0) is 27.9 Å². The van der Waals surface area contributed by atoms with E-state index in [2.05, 4.69) is 104 Å². The molecule has 0 saturated carbocycles. The lowest BCUT2D eigenvalue weighted by molar-refractivity contribution is -0.147. The average molecular weight is 818 g/mol. The Hall–Kier alpha value is -2.81. The Labute approximate surface area is 347 Å². The summed E-state index contributed by atoms with van der Waals surface area (Å²) in [5, 5.41) is 12.7. The molecule has 0 aliphatic rings. The van der Waals surface area contributed by atoms with E-state index < -0.39 is 26.5 Å². The number of rotatable bonds is 40. The van der Waals surface area contributed by atoms with Gasteiger partial charge in [0.15, 0.2) is 0 Å². The number of hydrogen-bond donors (Lipinski definition) is 3. The van der Waals surface area contributed by atoms with Gasteiger partial charge in [-0.2, -0.15) is 0 Å². The number of phosphoric acid groups is 1. The molecular weight excluding hydrogens is 737 g/mol. The number of phosphoric ester groups is 1. The molecule has 0 aliphatic carbocycles. The maximum absolute atomic E-state index is 12.1. The van der Waals surface area contributed by atoms with Crippen LogP contribution in [0.15, 0.2) is 85.1 Å². The fourth-order valence-corrected chi connectivity index (χ4v) is 6.19. The number of carbonyl (C=O) groups is 2. The molecule has 9 nitrogen and oxygen atoms in total. The number of aliphatic hydroxyl groups excluding tert-OH is 1. The van der Waals surface area contributed by atoms with Crippen molar-refractivity contribution < 1.29 is 37.9 Å². The number of carbonyl (C=O) groups excluding carboxylic acids is 2. The quantitative estimate of drug-likeness (QED) is 0.0241. The second-order valence-electron chi connectivity index (χ2n) is 14.3. The number of hydrogen-bond acceptors (Lipinski definition) is 7. The van der Waals surface area contributed by atoms with Crippen LogP contribution in [-0.4, -0.2) is 54.3 Å². The van der Waals surface area contributed by atoms with Crippen molar-refractivity contribution in [1.29, 1.82) is 0 Å². The third kappa shape index (κ3) is 44.1. The van der Waals surface area contributed by atoms with Gasteiger partial charge in [0.2, 0.25) is 5.91 Å². The maximum atomic E-state index is 12.1. The fourth-order valence-electron chi connectivity index (χ4n) is 5.44. The van der Waals surface area contributed by atoms with Gasteiger partial charge in [-0.25, -0.2) is 4.57 Å². The molecule has 2 unspecified atom stereocenters. The third-order valence-corrected chi connectivity index (χ3v) is 9.78. The molecule has 0 spiro atoms. The van der Waals surface area contributed by atoms with Gasteiger partial charge in [0.25, 0.3) is 0 Å². The van der Waals surface area contributed by atoms with E-state index in [0.29, 0.717) is 19.3 Å². The molecule has 0 aromatic rings. The summed E-state index contributed by atoms with van der Waals surface area (Å²) in [4.78, 5) is 33.9. The summed E-state index contributed by atoms with van der Waals surface area (Å²) in [5.74, 6) is -0.593. The Morgan fingerprint density at radius 2 is 0.965 bits per heavy atom. The van der Waals surface area contributed by atoms with Gasteiger partial charge in [-0.15, -0.1) is 0 Å². The largest absolute Gasteiger partial charge is 0.472 e. The molecular formula is C47H80NO8P. The van der Waals surface area contributed by atoms with Gasteiger partial charge >= 0.3 is 13.8 Å². The van der Waals surface area contributed by atoms with Crippen LogP contribution in [0.4, 0.5) is 0 Å². The minimum Gasteiger partial charge on any atom is -0.463 e. The van der Waals surface area contributed by atoms with E-state index in [1.807, 2.05) is 0 Å². The zero-order chi connectivity index (χ0) is 41.8. The van der Waals surface area contributed by atoms with Crippen LogP contribution in [0.25, 0.3) is 0 Å². The summed E-state index contributed by atoms with van der Waals surface area (Å²) in [5.41, 5.74) is 0. The molecule has 1 amide bonds. The molecule has 0 rings (SSSR count). The summed E-state index contributed by atoms with van der Waals surface area (Å²) < 4.78 is 26.8. The zero-order valence-corrected chi connectivity index (χ0v) is 36.6. The SMILES string of the molecule is CCCCC/C=C\C/C=C\C/C=C\C/C=C\CCCC(=O)NCCOP(=O)(O)OCC(O)COC(=O)CCCCCCCC/C=C\C/C=C\C/C=C\CCCCC. The van der Waals surface area contributed by atoms with Crippen LogP contribution < -0.4 is 5.32 Å². The van der Waals surface area contributed by atoms with Crippen molar-refractivity contribution in [2.45, 2.75) is 174 Å². The first kappa shape index (κ1) is 54.2. The summed E-state index contributed by atoms with van der Waals surface area (Å²) in [6.07, 6.45) is 53.7. The van der Waals surface area contributed by atoms with E-state index in [9.17, 15) is 24.2 Å². The van der Waals surface area contributed by atoms with E-state index in [0.717, 1.165) is 64.2 Å². The molecule has 0 bridgehead atoms. The molecule has 0 heterocycles. The third-order valence-electron chi connectivity index (χ3n) is 8.80. The van der Waals surface area contributed by atoms with Crippen LogP contribution in [0, 0.1) is 0 Å². The van der Waals surface area contributed by atoms with Crippen molar-refractivity contribution in [2.24, 2.45) is 0 Å². The highest BCUT2D eigenvalue weighted by Crippen LogP contribution is 2.42. The van der Waals surface area contributed by atoms with Crippen LogP contribution in [0.3, 0.4) is 0 Å². The average Bonchev–Trinajstić information content (AvgIpc) is 3.20. The minimum atomic E-state index is -4.44. The van der Waals surface area contributed by atoms with Gasteiger partial charge in [0, 0.05) is 19.4 Å². The van der Waals surface area contributed by atoms with Crippen LogP contribution >= 0.6 is 7.82 Å². The van der Waals surface area contributed by atoms with E-state index in [1.54, 1.807) is 0 Å². The first-order chi connectivity index (χ1) is 27.8. The lowest BCUT2D eigenvalue weighted by atomic mass is 10.1. The molecule has 0 fully saturated rings. The smallest absolute Gasteiger partial charge is 0.463 e. The Kier molecular flexibility index (Phi) is 40.7. The number of nitrogens with one attached hydrogen (secondary N) is 1. The predicted molar refractivity (Wildman–Crippen MR) is 238 cm³/mol. The molecule has 0 aromatic heterocycles. The highest BCUT2D eigenvalue weighted by Gasteiger charge is 2.23. The van der Waals surface area contributed by atoms with Gasteiger partial charge < -0.3 is 20.1 Å². The molecule has 326 valence electrons. The Morgan fingerprint density at radius 3 is 1.46 bits per heavy atom. The van der Waals surface area contributed by atoms with Crippen LogP contribution in [0.5, 0.6) is 0 Å². The van der Waals surface area contributed by atoms with Gasteiger partial charge in [-0.3, -0.25) is 18.6 Å². The van der Waals surface area contributed by atoms with Crippen molar-refractivity contribution in [3.05, 3.63) is 85.1 Å². The predicted octanol–water partition coefficient (Wildman–Crippen LogP) is 12.4. The van der Waals surface area contributed by atoms with Crippen molar-refractivity contribution in [2.75, 3.05) is 26.4 Å². The van der Waals surface area contributed by atoms with E-state index >= 15 is 0 Å². The molecule has 0 aromatic carbocycles. The number of allylic oxidation sites excluding steroid dienone is 14. The zero-order valence-electron chi connectivity index (χ0n) is 35.8. The summed E-state index contributed by atoms with van der Waals surface area (Å²) in [6.45, 7) is 3.40. The van der Waals surface area contributed by atoms with E-state index in [4.69, 9.17) is 13.8 Å². The minimum absolute atomic E-state index is 0.0461. The fraction of sp³-hybridized carbons (Fsp3) is 0.660. The number of esters is 1. The van der Waals surface area contributed by atoms with Gasteiger partial charge in [0.05, 0.1) is 13.2 Å². The van der Waals surface area contributed by atoms with Gasteiger partial charge in [0.1, 0.15) is 12.7 Å². The van der Waals surface area contributed by atoms with Gasteiger partial charge in [-0.1, -0.05) is 150 Å². The molecule has 3 N–H and O–H groups in total. The lowest BCUT2D eigenvalue weighted by Crippen LogP contribution is -2.27. The molecule has 0 saturated heterocycles. The summed E-state index contributed by atoms with van der Waals surface area (Å²) in [6, 6.07) is 0. The van der Waals surface area contributed by atoms with Crippen molar-refractivity contribution in [3.63, 3.8) is 0 Å². The number of amides is 1. The standard InChI is InChI=1S/C47H80NO8P/c1-3-5-7-9-11-13-15-17-19-21-22-24-26-28-30-32-34-36-38-40-47(51)54-43-45(49)44-56-57(52,53)55-42-41-48-46(50)39-37-35-33-31-29-27-25-23-20-18-16-14-12-10-8-6-4-2/h11-14,17-20,22,24-25,27,31,33,45,49H,3-10,15-16,21,23,26,28-30,32,34-44H2,1-2H3,(H,48,50)(H,52,53)/b13-11-,14-12-,19-17-,20-18-,24-22-,27-25-,33-31-. The van der Waals surface area contributed by atoms with E-state index in [1.165, 1.54) is 64.2 Å². The number of unbranched alkanes of at least 4 members (excludes halogenated alkanes) is 13. The molecule has 10 heteroatoms. The van der Waals surface area contributed by atoms with Crippen LogP contribution in [0.1, 0.15) is 168 Å². The first-order valence-electron chi connectivity index (χ1n) is 22.1. The van der Waals surface area contributed by atoms with E-state index in [-0.39, 0.29) is 32.1 Å². The monoisotopic (exact) mass is 818 g/mol. The number of aliphatic hydroxyl groups is 1. The normalized spacial score (nSPS) is 14.1. The van der Waals surface area contributed by atoms with Gasteiger partial charge in [-0.05, 0) is 89.9 Å². The van der Waals surface area contributed by atoms with Crippen LogP contribution in [0.2, 0.25) is 0 Å². The number of ether oxygens (including phenoxy) is 1. The molecule has 0 aliphatic heterocycles. The van der Waals surface area contributed by atoms with Crippen molar-refractivity contribution in [3.8, 4) is 0 Å². The topological polar surface area (TPSA) is 131 Å². The highest BCUT2D eigenvalue weighted by atomic mass is 31.2. The van der Waals surface area contributed by atoms with Crippen molar-refractivity contribution >= 4 is 19.7 Å². The lowest BCUT2D eigenvalue weighted by Gasteiger charge is -2.15. The second kappa shape index (κ2) is 42.8.